The molecule has 2 aliphatic rings. The van der Waals surface area contributed by atoms with Crippen LogP contribution in [0.2, 0.25) is 0 Å². The van der Waals surface area contributed by atoms with Gasteiger partial charge in [0.1, 0.15) is 24.2 Å². The first-order chi connectivity index (χ1) is 18.1. The molecule has 0 spiro atoms. The average molecular weight is 497 g/mol. The third-order valence-corrected chi connectivity index (χ3v) is 6.68. The number of nitrogens with zero attached hydrogens (tertiary/aromatic N) is 3. The third-order valence-electron chi connectivity index (χ3n) is 6.68. The monoisotopic (exact) mass is 496 g/mol. The Labute approximate surface area is 213 Å². The van der Waals surface area contributed by atoms with Crippen molar-refractivity contribution >= 4 is 17.6 Å². The number of aromatic nitrogens is 3. The van der Waals surface area contributed by atoms with Gasteiger partial charge in [0.05, 0.1) is 32.6 Å². The summed E-state index contributed by atoms with van der Waals surface area (Å²) >= 11 is 0. The number of para-hydroxylation sites is 1. The van der Waals surface area contributed by atoms with Crippen molar-refractivity contribution < 1.29 is 23.7 Å². The maximum atomic E-state index is 12.0. The number of fused-ring (bicyclic) bond motifs is 3. The fraction of sp³-hybridized carbons (Fsp3) is 0.179. The van der Waals surface area contributed by atoms with E-state index in [9.17, 15) is 4.79 Å². The summed E-state index contributed by atoms with van der Waals surface area (Å²) in [5, 5.41) is 8.04. The molecule has 3 heterocycles. The summed E-state index contributed by atoms with van der Waals surface area (Å²) < 4.78 is 24.4. The molecule has 3 aromatic carbocycles. The van der Waals surface area contributed by atoms with Gasteiger partial charge in [-0.15, -0.1) is 0 Å². The average Bonchev–Trinajstić information content (AvgIpc) is 3.43. The zero-order chi connectivity index (χ0) is 25.5. The van der Waals surface area contributed by atoms with E-state index in [2.05, 4.69) is 15.4 Å². The normalized spacial score (nSPS) is 17.5. The van der Waals surface area contributed by atoms with Crippen molar-refractivity contribution in [2.45, 2.75) is 12.1 Å². The summed E-state index contributed by atoms with van der Waals surface area (Å²) in [5.74, 6) is 2.22. The van der Waals surface area contributed by atoms with Crippen molar-refractivity contribution in [3.8, 4) is 17.2 Å². The van der Waals surface area contributed by atoms with Crippen molar-refractivity contribution in [1.82, 2.24) is 14.8 Å². The molecule has 0 saturated heterocycles. The molecule has 9 heteroatoms. The quantitative estimate of drug-likeness (QED) is 0.399. The summed E-state index contributed by atoms with van der Waals surface area (Å²) in [6.07, 6.45) is 1.06. The lowest BCUT2D eigenvalue weighted by molar-refractivity contribution is 0.0600. The van der Waals surface area contributed by atoms with E-state index < -0.39 is 12.1 Å². The molecule has 0 amide bonds. The Kier molecular flexibility index (Phi) is 5.52. The van der Waals surface area contributed by atoms with Crippen LogP contribution >= 0.6 is 0 Å². The Morgan fingerprint density at radius 3 is 2.46 bits per heavy atom. The summed E-state index contributed by atoms with van der Waals surface area (Å²) in [4.78, 5) is 16.5. The molecular weight excluding hydrogens is 472 g/mol. The van der Waals surface area contributed by atoms with Crippen molar-refractivity contribution in [2.24, 2.45) is 0 Å². The number of anilines is 1. The van der Waals surface area contributed by atoms with E-state index in [1.165, 1.54) is 13.4 Å². The number of hydrogen-bond donors (Lipinski definition) is 1. The van der Waals surface area contributed by atoms with E-state index in [-0.39, 0.29) is 6.04 Å². The number of carbonyl (C=O) groups is 1. The molecule has 2 atom stereocenters. The zero-order valence-electron chi connectivity index (χ0n) is 20.5. The van der Waals surface area contributed by atoms with Crippen LogP contribution in [0.5, 0.6) is 17.2 Å². The van der Waals surface area contributed by atoms with Gasteiger partial charge >= 0.3 is 5.97 Å². The molecule has 0 bridgehead atoms. The Bertz CT molecular complexity index is 1530. The van der Waals surface area contributed by atoms with E-state index >= 15 is 0 Å². The number of hydrogen-bond acceptors (Lipinski definition) is 8. The second kappa shape index (κ2) is 9.02. The highest BCUT2D eigenvalue weighted by Gasteiger charge is 2.41. The zero-order valence-corrected chi connectivity index (χ0v) is 20.5. The molecule has 6 rings (SSSR count). The van der Waals surface area contributed by atoms with Crippen LogP contribution in [-0.4, -0.2) is 42.1 Å². The second-order valence-electron chi connectivity index (χ2n) is 8.61. The first-order valence-electron chi connectivity index (χ1n) is 11.7. The van der Waals surface area contributed by atoms with Crippen LogP contribution in [0.1, 0.15) is 39.2 Å². The van der Waals surface area contributed by atoms with Crippen LogP contribution in [0, 0.1) is 0 Å². The van der Waals surface area contributed by atoms with Gasteiger partial charge in [0, 0.05) is 11.1 Å². The predicted octanol–water partition coefficient (Wildman–Crippen LogP) is 4.64. The SMILES string of the molecule is COC(=O)c1ccc(C2Oc3ccccc3C3=C2C(c2ccc(OC)c(OC)c2)n2ncnc2N3)cc1. The maximum absolute atomic E-state index is 12.0. The smallest absolute Gasteiger partial charge is 0.337 e. The minimum atomic E-state index is -0.473. The van der Waals surface area contributed by atoms with E-state index in [1.54, 1.807) is 26.4 Å². The van der Waals surface area contributed by atoms with E-state index in [1.807, 2.05) is 59.3 Å². The topological polar surface area (TPSA) is 96.7 Å². The third kappa shape index (κ3) is 3.67. The van der Waals surface area contributed by atoms with Crippen LogP contribution in [0.4, 0.5) is 5.95 Å². The van der Waals surface area contributed by atoms with Gasteiger partial charge in [0.25, 0.3) is 0 Å². The molecule has 0 fully saturated rings. The van der Waals surface area contributed by atoms with Gasteiger partial charge in [-0.3, -0.25) is 0 Å². The molecule has 37 heavy (non-hydrogen) atoms. The van der Waals surface area contributed by atoms with E-state index in [0.29, 0.717) is 23.0 Å². The van der Waals surface area contributed by atoms with Crippen LogP contribution < -0.4 is 19.5 Å². The van der Waals surface area contributed by atoms with Crippen LogP contribution in [0.15, 0.2) is 78.6 Å². The molecule has 1 aromatic heterocycles. The lowest BCUT2D eigenvalue weighted by Crippen LogP contribution is -2.32. The predicted molar refractivity (Wildman–Crippen MR) is 136 cm³/mol. The van der Waals surface area contributed by atoms with Crippen molar-refractivity contribution in [3.63, 3.8) is 0 Å². The maximum Gasteiger partial charge on any atom is 0.337 e. The molecular formula is C28H24N4O5. The van der Waals surface area contributed by atoms with Crippen LogP contribution in [-0.2, 0) is 4.74 Å². The first kappa shape index (κ1) is 22.7. The molecule has 0 saturated carbocycles. The van der Waals surface area contributed by atoms with Gasteiger partial charge < -0.3 is 24.3 Å². The van der Waals surface area contributed by atoms with Gasteiger partial charge in [-0.2, -0.15) is 10.1 Å². The molecule has 2 unspecified atom stereocenters. The Morgan fingerprint density at radius 2 is 1.70 bits per heavy atom. The summed E-state index contributed by atoms with van der Waals surface area (Å²) in [6.45, 7) is 0. The highest BCUT2D eigenvalue weighted by Crippen LogP contribution is 2.51. The summed E-state index contributed by atoms with van der Waals surface area (Å²) in [5.41, 5.74) is 5.06. The Balaban J connectivity index is 1.56. The minimum absolute atomic E-state index is 0.354. The Hall–Kier alpha value is -4.79. The molecule has 2 aliphatic heterocycles. The van der Waals surface area contributed by atoms with Crippen LogP contribution in [0.3, 0.4) is 0 Å². The lowest BCUT2D eigenvalue weighted by atomic mass is 9.84. The Morgan fingerprint density at radius 1 is 0.946 bits per heavy atom. The van der Waals surface area contributed by atoms with E-state index in [0.717, 1.165) is 33.7 Å². The second-order valence-corrected chi connectivity index (χ2v) is 8.61. The van der Waals surface area contributed by atoms with Crippen molar-refractivity contribution in [3.05, 3.63) is 101 Å². The fourth-order valence-electron chi connectivity index (χ4n) is 4.95. The fourth-order valence-corrected chi connectivity index (χ4v) is 4.95. The van der Waals surface area contributed by atoms with Crippen LogP contribution in [0.25, 0.3) is 5.70 Å². The molecule has 4 aromatic rings. The molecule has 186 valence electrons. The summed E-state index contributed by atoms with van der Waals surface area (Å²) in [7, 11) is 4.59. The molecule has 0 radical (unpaired) electrons. The first-order valence-corrected chi connectivity index (χ1v) is 11.7. The largest absolute Gasteiger partial charge is 0.493 e. The highest BCUT2D eigenvalue weighted by molar-refractivity contribution is 5.89. The lowest BCUT2D eigenvalue weighted by Gasteiger charge is -2.39. The van der Waals surface area contributed by atoms with Crippen molar-refractivity contribution in [2.75, 3.05) is 26.6 Å². The molecule has 0 aliphatic carbocycles. The number of esters is 1. The molecule has 9 nitrogen and oxygen atoms in total. The molecule has 1 N–H and O–H groups in total. The standard InChI is InChI=1S/C28H24N4O5/c1-34-21-13-12-18(14-22(21)35-2)25-23-24(31-28-29-15-30-32(25)28)19-6-4-5-7-20(19)37-26(23)16-8-10-17(11-9-16)27(33)36-3/h4-15,25-26H,1-3H3,(H,29,30,31). The number of methoxy groups -OCH3 is 3. The van der Waals surface area contributed by atoms with Gasteiger partial charge in [-0.25, -0.2) is 9.48 Å². The number of benzene rings is 3. The van der Waals surface area contributed by atoms with E-state index in [4.69, 9.17) is 18.9 Å². The number of nitrogens with one attached hydrogen (secondary N) is 1. The van der Waals surface area contributed by atoms with Crippen molar-refractivity contribution in [1.29, 1.82) is 0 Å². The van der Waals surface area contributed by atoms with Gasteiger partial charge in [0.15, 0.2) is 11.5 Å². The van der Waals surface area contributed by atoms with Gasteiger partial charge in [0.2, 0.25) is 5.95 Å². The van der Waals surface area contributed by atoms with Gasteiger partial charge in [-0.05, 0) is 47.5 Å². The number of carbonyl (C=O) groups excluding carboxylic acids is 1. The highest BCUT2D eigenvalue weighted by atomic mass is 16.5. The number of rotatable bonds is 5. The minimum Gasteiger partial charge on any atom is -0.493 e. The summed E-state index contributed by atoms with van der Waals surface area (Å²) in [6, 6.07) is 20.6. The van der Waals surface area contributed by atoms with Gasteiger partial charge in [-0.1, -0.05) is 30.3 Å². The number of ether oxygens (including phenoxy) is 4.